The third-order valence-electron chi connectivity index (χ3n) is 4.19. The quantitative estimate of drug-likeness (QED) is 0.853. The number of nitrogens with zero attached hydrogens (tertiary/aromatic N) is 3. The maximum atomic E-state index is 9.74. The zero-order valence-electron chi connectivity index (χ0n) is 12.5. The summed E-state index contributed by atoms with van der Waals surface area (Å²) in [6.07, 6.45) is 0. The summed E-state index contributed by atoms with van der Waals surface area (Å²) in [4.78, 5) is 4.41. The molecule has 22 heavy (non-hydrogen) atoms. The Morgan fingerprint density at radius 3 is 2.32 bits per heavy atom. The van der Waals surface area contributed by atoms with Gasteiger partial charge in [-0.1, -0.05) is 17.7 Å². The summed E-state index contributed by atoms with van der Waals surface area (Å²) in [6.45, 7) is 5.91. The molecule has 1 atom stereocenters. The first kappa shape index (κ1) is 15.6. The minimum Gasteiger partial charge on any atom is -0.379 e. The molecule has 0 aromatic heterocycles. The Kier molecular flexibility index (Phi) is 5.16. The summed E-state index contributed by atoms with van der Waals surface area (Å²) in [5, 5.41) is 10.4. The fourth-order valence-electron chi connectivity index (χ4n) is 3.04. The van der Waals surface area contributed by atoms with Crippen LogP contribution in [0, 0.1) is 11.3 Å². The van der Waals surface area contributed by atoms with Crippen molar-refractivity contribution in [1.82, 2.24) is 4.90 Å². The van der Waals surface area contributed by atoms with Crippen LogP contribution in [0.1, 0.15) is 11.6 Å². The summed E-state index contributed by atoms with van der Waals surface area (Å²) < 4.78 is 10.8. The average molecular weight is 322 g/mol. The standard InChI is InChI=1S/C16H20ClN3O2/c17-13-2-1-3-14(19-4-8-21-9-5-19)16(13)15(12-18)20-6-10-22-11-7-20/h1-3,15H,4-11H2. The van der Waals surface area contributed by atoms with Gasteiger partial charge in [-0.05, 0) is 12.1 Å². The molecule has 2 fully saturated rings. The van der Waals surface area contributed by atoms with Gasteiger partial charge in [-0.3, -0.25) is 4.90 Å². The molecule has 0 bridgehead atoms. The Balaban J connectivity index is 1.94. The third-order valence-corrected chi connectivity index (χ3v) is 4.52. The van der Waals surface area contributed by atoms with Crippen molar-refractivity contribution in [3.63, 3.8) is 0 Å². The molecule has 5 nitrogen and oxygen atoms in total. The molecule has 0 aliphatic carbocycles. The predicted molar refractivity (Wildman–Crippen MR) is 85.2 cm³/mol. The molecular weight excluding hydrogens is 302 g/mol. The van der Waals surface area contributed by atoms with Crippen LogP contribution in [0.3, 0.4) is 0 Å². The van der Waals surface area contributed by atoms with Crippen molar-refractivity contribution in [3.8, 4) is 6.07 Å². The van der Waals surface area contributed by atoms with E-state index in [9.17, 15) is 5.26 Å². The fraction of sp³-hybridized carbons (Fsp3) is 0.562. The van der Waals surface area contributed by atoms with Gasteiger partial charge in [0.2, 0.25) is 0 Å². The molecule has 2 saturated heterocycles. The molecule has 0 saturated carbocycles. The van der Waals surface area contributed by atoms with Crippen molar-refractivity contribution >= 4 is 17.3 Å². The molecule has 0 N–H and O–H groups in total. The van der Waals surface area contributed by atoms with Gasteiger partial charge in [-0.15, -0.1) is 0 Å². The SMILES string of the molecule is N#CC(c1c(Cl)cccc1N1CCOCC1)N1CCOCC1. The summed E-state index contributed by atoms with van der Waals surface area (Å²) in [6, 6.07) is 7.97. The number of ether oxygens (including phenoxy) is 2. The van der Waals surface area contributed by atoms with E-state index in [1.165, 1.54) is 0 Å². The zero-order chi connectivity index (χ0) is 15.4. The van der Waals surface area contributed by atoms with E-state index in [4.69, 9.17) is 21.1 Å². The van der Waals surface area contributed by atoms with Crippen molar-refractivity contribution in [1.29, 1.82) is 5.26 Å². The molecule has 2 aliphatic heterocycles. The Morgan fingerprint density at radius 1 is 1.05 bits per heavy atom. The number of rotatable bonds is 3. The van der Waals surface area contributed by atoms with Crippen LogP contribution < -0.4 is 4.90 Å². The maximum absolute atomic E-state index is 9.74. The van der Waals surface area contributed by atoms with Gasteiger partial charge in [0.25, 0.3) is 0 Å². The van der Waals surface area contributed by atoms with Gasteiger partial charge in [0.1, 0.15) is 6.04 Å². The molecule has 2 heterocycles. The molecule has 1 aromatic carbocycles. The average Bonchev–Trinajstić information content (AvgIpc) is 2.59. The second kappa shape index (κ2) is 7.30. The lowest BCUT2D eigenvalue weighted by molar-refractivity contribution is 0.0267. The number of anilines is 1. The van der Waals surface area contributed by atoms with Crippen LogP contribution in [-0.2, 0) is 9.47 Å². The van der Waals surface area contributed by atoms with Crippen LogP contribution in [0.4, 0.5) is 5.69 Å². The molecule has 118 valence electrons. The topological polar surface area (TPSA) is 48.7 Å². The molecule has 0 spiro atoms. The highest BCUT2D eigenvalue weighted by Gasteiger charge is 2.28. The molecule has 0 radical (unpaired) electrons. The molecule has 3 rings (SSSR count). The van der Waals surface area contributed by atoms with Gasteiger partial charge in [-0.25, -0.2) is 0 Å². The fourth-order valence-corrected chi connectivity index (χ4v) is 3.31. The number of nitriles is 1. The van der Waals surface area contributed by atoms with E-state index in [-0.39, 0.29) is 6.04 Å². The van der Waals surface area contributed by atoms with E-state index in [1.54, 1.807) is 0 Å². The first-order valence-corrected chi connectivity index (χ1v) is 8.01. The van der Waals surface area contributed by atoms with Crippen molar-refractivity contribution in [2.24, 2.45) is 0 Å². The highest BCUT2D eigenvalue weighted by atomic mass is 35.5. The van der Waals surface area contributed by atoms with Crippen molar-refractivity contribution < 1.29 is 9.47 Å². The van der Waals surface area contributed by atoms with Gasteiger partial charge >= 0.3 is 0 Å². The normalized spacial score (nSPS) is 21.4. The van der Waals surface area contributed by atoms with Crippen molar-refractivity contribution in [2.75, 3.05) is 57.5 Å². The Labute approximate surface area is 136 Å². The van der Waals surface area contributed by atoms with Gasteiger partial charge < -0.3 is 14.4 Å². The lowest BCUT2D eigenvalue weighted by Gasteiger charge is -2.35. The number of benzene rings is 1. The minimum absolute atomic E-state index is 0.338. The molecule has 2 aliphatic rings. The molecule has 1 aromatic rings. The maximum Gasteiger partial charge on any atom is 0.127 e. The first-order valence-electron chi connectivity index (χ1n) is 7.64. The zero-order valence-corrected chi connectivity index (χ0v) is 13.3. The van der Waals surface area contributed by atoms with Gasteiger partial charge in [0.05, 0.1) is 32.5 Å². The molecule has 6 heteroatoms. The van der Waals surface area contributed by atoms with Crippen LogP contribution in [-0.4, -0.2) is 57.5 Å². The Hall–Kier alpha value is -1.32. The van der Waals surface area contributed by atoms with E-state index >= 15 is 0 Å². The van der Waals surface area contributed by atoms with E-state index in [0.717, 1.165) is 37.4 Å². The van der Waals surface area contributed by atoms with Crippen LogP contribution in [0.15, 0.2) is 18.2 Å². The van der Waals surface area contributed by atoms with E-state index in [2.05, 4.69) is 21.9 Å². The number of halogens is 1. The monoisotopic (exact) mass is 321 g/mol. The smallest absolute Gasteiger partial charge is 0.127 e. The first-order chi connectivity index (χ1) is 10.8. The van der Waals surface area contributed by atoms with Crippen LogP contribution in [0.2, 0.25) is 5.02 Å². The van der Waals surface area contributed by atoms with E-state index in [1.807, 2.05) is 12.1 Å². The van der Waals surface area contributed by atoms with Gasteiger partial charge in [-0.2, -0.15) is 5.26 Å². The lowest BCUT2D eigenvalue weighted by atomic mass is 10.0. The van der Waals surface area contributed by atoms with E-state index in [0.29, 0.717) is 31.5 Å². The van der Waals surface area contributed by atoms with E-state index < -0.39 is 0 Å². The summed E-state index contributed by atoms with van der Waals surface area (Å²) in [7, 11) is 0. The van der Waals surface area contributed by atoms with Crippen LogP contribution in [0.5, 0.6) is 0 Å². The molecule has 1 unspecified atom stereocenters. The van der Waals surface area contributed by atoms with Crippen LogP contribution >= 0.6 is 11.6 Å². The second-order valence-corrected chi connectivity index (χ2v) is 5.86. The largest absolute Gasteiger partial charge is 0.379 e. The van der Waals surface area contributed by atoms with Crippen LogP contribution in [0.25, 0.3) is 0 Å². The Bertz CT molecular complexity index is 549. The second-order valence-electron chi connectivity index (χ2n) is 5.45. The van der Waals surface area contributed by atoms with Crippen molar-refractivity contribution in [2.45, 2.75) is 6.04 Å². The van der Waals surface area contributed by atoms with Crippen molar-refractivity contribution in [3.05, 3.63) is 28.8 Å². The number of hydrogen-bond acceptors (Lipinski definition) is 5. The van der Waals surface area contributed by atoms with Gasteiger partial charge in [0, 0.05) is 42.5 Å². The third kappa shape index (κ3) is 3.21. The predicted octanol–water partition coefficient (Wildman–Crippen LogP) is 2.07. The van der Waals surface area contributed by atoms with Gasteiger partial charge in [0.15, 0.2) is 0 Å². The Morgan fingerprint density at radius 2 is 1.68 bits per heavy atom. The summed E-state index contributed by atoms with van der Waals surface area (Å²) in [5.74, 6) is 0. The minimum atomic E-state index is -0.338. The highest BCUT2D eigenvalue weighted by Crippen LogP contribution is 2.36. The number of morpholine rings is 2. The molecular formula is C16H20ClN3O2. The highest BCUT2D eigenvalue weighted by molar-refractivity contribution is 6.31. The number of hydrogen-bond donors (Lipinski definition) is 0. The molecule has 0 amide bonds. The summed E-state index contributed by atoms with van der Waals surface area (Å²) in [5.41, 5.74) is 1.96. The lowest BCUT2D eigenvalue weighted by Crippen LogP contribution is -2.41. The summed E-state index contributed by atoms with van der Waals surface area (Å²) >= 11 is 6.47.